The molecule has 0 aromatic carbocycles. The van der Waals surface area contributed by atoms with Gasteiger partial charge < -0.3 is 14.6 Å². The maximum Gasteiger partial charge on any atom is 0.379 e. The van der Waals surface area contributed by atoms with Gasteiger partial charge in [-0.15, -0.1) is 0 Å². The molecule has 1 saturated heterocycles. The molecular weight excluding hydrogens is 224 g/mol. The topological polar surface area (TPSA) is 80.5 Å². The van der Waals surface area contributed by atoms with E-state index >= 15 is 0 Å². The lowest BCUT2D eigenvalue weighted by Gasteiger charge is -2.25. The smallest absolute Gasteiger partial charge is 0.379 e. The molecule has 17 heavy (non-hydrogen) atoms. The summed E-state index contributed by atoms with van der Waals surface area (Å²) in [5, 5.41) is 6.86. The van der Waals surface area contributed by atoms with Gasteiger partial charge in [0.25, 0.3) is 5.82 Å². The SMILES string of the molecule is CCOC(=O)c1noc(CN2CCNCC2)n1. The van der Waals surface area contributed by atoms with Crippen molar-refractivity contribution < 1.29 is 14.1 Å². The number of nitrogens with zero attached hydrogens (tertiary/aromatic N) is 3. The Morgan fingerprint density at radius 3 is 3.00 bits per heavy atom. The van der Waals surface area contributed by atoms with E-state index in [2.05, 4.69) is 20.4 Å². The quantitative estimate of drug-likeness (QED) is 0.720. The van der Waals surface area contributed by atoms with Gasteiger partial charge in [0.15, 0.2) is 0 Å². The molecule has 0 saturated carbocycles. The largest absolute Gasteiger partial charge is 0.460 e. The number of rotatable bonds is 4. The highest BCUT2D eigenvalue weighted by molar-refractivity contribution is 5.84. The minimum Gasteiger partial charge on any atom is -0.460 e. The van der Waals surface area contributed by atoms with Gasteiger partial charge in [-0.3, -0.25) is 4.90 Å². The lowest BCUT2D eigenvalue weighted by atomic mass is 10.3. The Balaban J connectivity index is 1.91. The maximum absolute atomic E-state index is 11.3. The van der Waals surface area contributed by atoms with Crippen molar-refractivity contribution in [3.8, 4) is 0 Å². The van der Waals surface area contributed by atoms with E-state index in [4.69, 9.17) is 9.26 Å². The van der Waals surface area contributed by atoms with Crippen LogP contribution in [-0.4, -0.2) is 53.8 Å². The number of hydrogen-bond acceptors (Lipinski definition) is 7. The van der Waals surface area contributed by atoms with E-state index in [1.165, 1.54) is 0 Å². The zero-order valence-electron chi connectivity index (χ0n) is 9.81. The molecule has 0 aliphatic carbocycles. The molecule has 0 bridgehead atoms. The fourth-order valence-corrected chi connectivity index (χ4v) is 1.66. The van der Waals surface area contributed by atoms with E-state index in [0.29, 0.717) is 19.0 Å². The van der Waals surface area contributed by atoms with Crippen molar-refractivity contribution in [1.29, 1.82) is 0 Å². The van der Waals surface area contributed by atoms with Gasteiger partial charge >= 0.3 is 5.97 Å². The van der Waals surface area contributed by atoms with Gasteiger partial charge in [-0.1, -0.05) is 0 Å². The van der Waals surface area contributed by atoms with Crippen molar-refractivity contribution in [3.05, 3.63) is 11.7 Å². The molecule has 1 aliphatic rings. The molecule has 1 aliphatic heterocycles. The van der Waals surface area contributed by atoms with Gasteiger partial charge in [0, 0.05) is 26.2 Å². The average molecular weight is 240 g/mol. The van der Waals surface area contributed by atoms with Crippen LogP contribution in [0.25, 0.3) is 0 Å². The summed E-state index contributed by atoms with van der Waals surface area (Å²) in [4.78, 5) is 17.5. The number of nitrogens with one attached hydrogen (secondary N) is 1. The highest BCUT2D eigenvalue weighted by atomic mass is 16.5. The summed E-state index contributed by atoms with van der Waals surface area (Å²) in [6.07, 6.45) is 0. The number of piperazine rings is 1. The van der Waals surface area contributed by atoms with Gasteiger partial charge in [-0.25, -0.2) is 4.79 Å². The summed E-state index contributed by atoms with van der Waals surface area (Å²) < 4.78 is 9.79. The van der Waals surface area contributed by atoms with Crippen LogP contribution >= 0.6 is 0 Å². The van der Waals surface area contributed by atoms with Crippen molar-refractivity contribution in [2.75, 3.05) is 32.8 Å². The molecule has 0 spiro atoms. The Hall–Kier alpha value is -1.47. The van der Waals surface area contributed by atoms with Crippen LogP contribution < -0.4 is 5.32 Å². The van der Waals surface area contributed by atoms with Crippen LogP contribution in [0.2, 0.25) is 0 Å². The Labute approximate surface area is 99.1 Å². The summed E-state index contributed by atoms with van der Waals surface area (Å²) in [5.41, 5.74) is 0. The van der Waals surface area contributed by atoms with Gasteiger partial charge in [0.05, 0.1) is 13.2 Å². The molecule has 7 nitrogen and oxygen atoms in total. The summed E-state index contributed by atoms with van der Waals surface area (Å²) in [6.45, 7) is 6.42. The lowest BCUT2D eigenvalue weighted by molar-refractivity contribution is 0.0508. The summed E-state index contributed by atoms with van der Waals surface area (Å²) in [6, 6.07) is 0. The highest BCUT2D eigenvalue weighted by Gasteiger charge is 2.18. The van der Waals surface area contributed by atoms with Crippen molar-refractivity contribution in [1.82, 2.24) is 20.4 Å². The van der Waals surface area contributed by atoms with Crippen molar-refractivity contribution in [2.24, 2.45) is 0 Å². The fraction of sp³-hybridized carbons (Fsp3) is 0.700. The zero-order chi connectivity index (χ0) is 12.1. The van der Waals surface area contributed by atoms with Crippen LogP contribution in [0, 0.1) is 0 Å². The highest BCUT2D eigenvalue weighted by Crippen LogP contribution is 2.04. The Morgan fingerprint density at radius 2 is 2.29 bits per heavy atom. The molecular formula is C10H16N4O3. The molecule has 1 N–H and O–H groups in total. The molecule has 1 aromatic heterocycles. The van der Waals surface area contributed by atoms with Crippen LogP contribution in [0.4, 0.5) is 0 Å². The third-order valence-corrected chi connectivity index (χ3v) is 2.49. The molecule has 0 amide bonds. The monoisotopic (exact) mass is 240 g/mol. The normalized spacial score (nSPS) is 17.0. The third-order valence-electron chi connectivity index (χ3n) is 2.49. The zero-order valence-corrected chi connectivity index (χ0v) is 9.81. The molecule has 1 aromatic rings. The van der Waals surface area contributed by atoms with Crippen LogP contribution in [0.5, 0.6) is 0 Å². The standard InChI is InChI=1S/C10H16N4O3/c1-2-16-10(15)9-12-8(17-13-9)7-14-5-3-11-4-6-14/h11H,2-7H2,1H3. The molecule has 0 atom stereocenters. The number of ether oxygens (including phenoxy) is 1. The van der Waals surface area contributed by atoms with E-state index in [1.807, 2.05) is 0 Å². The molecule has 2 heterocycles. The molecule has 94 valence electrons. The number of aromatic nitrogens is 2. The fourth-order valence-electron chi connectivity index (χ4n) is 1.66. The molecule has 0 radical (unpaired) electrons. The molecule has 2 rings (SSSR count). The first kappa shape index (κ1) is 12.0. The maximum atomic E-state index is 11.3. The number of carbonyl (C=O) groups excluding carboxylic acids is 1. The lowest BCUT2D eigenvalue weighted by Crippen LogP contribution is -2.42. The van der Waals surface area contributed by atoms with Gasteiger partial charge in [-0.05, 0) is 12.1 Å². The van der Waals surface area contributed by atoms with Crippen LogP contribution in [0.15, 0.2) is 4.52 Å². The number of hydrogen-bond donors (Lipinski definition) is 1. The minimum atomic E-state index is -0.539. The second kappa shape index (κ2) is 5.74. The van der Waals surface area contributed by atoms with Crippen molar-refractivity contribution in [3.63, 3.8) is 0 Å². The van der Waals surface area contributed by atoms with Gasteiger partial charge in [-0.2, -0.15) is 4.98 Å². The van der Waals surface area contributed by atoms with E-state index < -0.39 is 5.97 Å². The average Bonchev–Trinajstić information content (AvgIpc) is 2.79. The van der Waals surface area contributed by atoms with E-state index in [1.54, 1.807) is 6.92 Å². The molecule has 1 fully saturated rings. The van der Waals surface area contributed by atoms with E-state index in [9.17, 15) is 4.79 Å². The van der Waals surface area contributed by atoms with Crippen LogP contribution in [0.3, 0.4) is 0 Å². The van der Waals surface area contributed by atoms with Crippen LogP contribution in [0.1, 0.15) is 23.4 Å². The van der Waals surface area contributed by atoms with Gasteiger partial charge in [0.1, 0.15) is 0 Å². The minimum absolute atomic E-state index is 0.00279. The predicted molar refractivity (Wildman–Crippen MR) is 58.4 cm³/mol. The third kappa shape index (κ3) is 3.24. The molecule has 0 unspecified atom stereocenters. The second-order valence-corrected chi connectivity index (χ2v) is 3.76. The number of carbonyl (C=O) groups is 1. The molecule has 7 heteroatoms. The summed E-state index contributed by atoms with van der Waals surface area (Å²) in [5.74, 6) is -0.0882. The Morgan fingerprint density at radius 1 is 1.53 bits per heavy atom. The summed E-state index contributed by atoms with van der Waals surface area (Å²) >= 11 is 0. The first-order chi connectivity index (χ1) is 8.29. The van der Waals surface area contributed by atoms with Crippen molar-refractivity contribution in [2.45, 2.75) is 13.5 Å². The van der Waals surface area contributed by atoms with E-state index in [0.717, 1.165) is 26.2 Å². The van der Waals surface area contributed by atoms with Crippen LogP contribution in [-0.2, 0) is 11.3 Å². The Kier molecular flexibility index (Phi) is 4.05. The Bertz CT molecular complexity index is 373. The van der Waals surface area contributed by atoms with Crippen molar-refractivity contribution >= 4 is 5.97 Å². The van der Waals surface area contributed by atoms with E-state index in [-0.39, 0.29) is 5.82 Å². The number of esters is 1. The summed E-state index contributed by atoms with van der Waals surface area (Å²) in [7, 11) is 0. The first-order valence-electron chi connectivity index (χ1n) is 5.72. The first-order valence-corrected chi connectivity index (χ1v) is 5.72. The second-order valence-electron chi connectivity index (χ2n) is 3.76. The van der Waals surface area contributed by atoms with Gasteiger partial charge in [0.2, 0.25) is 5.89 Å². The predicted octanol–water partition coefficient (Wildman–Crippen LogP) is -0.348.